The van der Waals surface area contributed by atoms with Gasteiger partial charge in [0.15, 0.2) is 5.60 Å². The summed E-state index contributed by atoms with van der Waals surface area (Å²) in [6.07, 6.45) is 0. The fourth-order valence-corrected chi connectivity index (χ4v) is 5.12. The second-order valence-electron chi connectivity index (χ2n) is 8.70. The third-order valence-corrected chi connectivity index (χ3v) is 6.60. The third kappa shape index (κ3) is 3.07. The molecule has 4 aromatic carbocycles. The minimum Gasteiger partial charge on any atom is -0.508 e. The summed E-state index contributed by atoms with van der Waals surface area (Å²) in [4.78, 5) is 36.9. The molecule has 37 heavy (non-hydrogen) atoms. The van der Waals surface area contributed by atoms with E-state index < -0.39 is 23.4 Å². The van der Waals surface area contributed by atoms with Crippen LogP contribution in [0.2, 0.25) is 0 Å². The lowest BCUT2D eigenvalue weighted by molar-refractivity contribution is 0.0226. The second-order valence-corrected chi connectivity index (χ2v) is 8.70. The van der Waals surface area contributed by atoms with Crippen molar-refractivity contribution >= 4 is 17.8 Å². The number of fused-ring (bicyclic) bond motifs is 6. The van der Waals surface area contributed by atoms with Crippen molar-refractivity contribution in [3.8, 4) is 34.1 Å². The van der Waals surface area contributed by atoms with Gasteiger partial charge in [0.1, 0.15) is 23.0 Å². The van der Waals surface area contributed by atoms with Crippen LogP contribution in [0, 0.1) is 0 Å². The number of aromatic carboxylic acids is 1. The minimum atomic E-state index is -1.54. The van der Waals surface area contributed by atoms with Crippen LogP contribution < -0.4 is 10.5 Å². The molecule has 0 bridgehead atoms. The van der Waals surface area contributed by atoms with Crippen LogP contribution in [0.4, 0.5) is 0 Å². The van der Waals surface area contributed by atoms with Crippen molar-refractivity contribution in [1.82, 2.24) is 0 Å². The van der Waals surface area contributed by atoms with Crippen LogP contribution in [0.5, 0.6) is 23.0 Å². The lowest BCUT2D eigenvalue weighted by Gasteiger charge is -2.38. The van der Waals surface area contributed by atoms with Gasteiger partial charge in [-0.15, -0.1) is 0 Å². The van der Waals surface area contributed by atoms with E-state index in [1.165, 1.54) is 42.5 Å². The molecule has 9 heteroatoms. The molecule has 2 aliphatic heterocycles. The predicted molar refractivity (Wildman–Crippen MR) is 129 cm³/mol. The second kappa shape index (κ2) is 7.59. The van der Waals surface area contributed by atoms with Gasteiger partial charge in [-0.3, -0.25) is 4.79 Å². The number of carbonyl (C=O) groups excluding carboxylic acids is 2. The molecule has 1 spiro atoms. The summed E-state index contributed by atoms with van der Waals surface area (Å²) >= 11 is 0. The zero-order valence-corrected chi connectivity index (χ0v) is 18.9. The maximum atomic E-state index is 13.1. The number of hydrogen-bond acceptors (Lipinski definition) is 7. The smallest absolute Gasteiger partial charge is 0.340 e. The number of benzene rings is 4. The highest BCUT2D eigenvalue weighted by atomic mass is 16.6. The quantitative estimate of drug-likeness (QED) is 0.309. The molecule has 0 saturated heterocycles. The monoisotopic (exact) mass is 495 g/mol. The average molecular weight is 495 g/mol. The predicted octanol–water partition coefficient (Wildman–Crippen LogP) is 4.13. The summed E-state index contributed by atoms with van der Waals surface area (Å²) in [5.41, 5.74) is 5.69. The van der Waals surface area contributed by atoms with E-state index in [2.05, 4.69) is 0 Å². The van der Waals surface area contributed by atoms with Crippen LogP contribution in [0.15, 0.2) is 72.8 Å². The number of aromatic hydroxyl groups is 2. The van der Waals surface area contributed by atoms with E-state index in [1.807, 2.05) is 0 Å². The maximum absolute atomic E-state index is 13.1. The molecule has 9 nitrogen and oxygen atoms in total. The van der Waals surface area contributed by atoms with E-state index >= 15 is 0 Å². The molecule has 4 aromatic rings. The Labute approximate surface area is 208 Å². The third-order valence-electron chi connectivity index (χ3n) is 6.60. The highest BCUT2D eigenvalue weighted by molar-refractivity contribution is 6.05. The van der Waals surface area contributed by atoms with E-state index in [9.17, 15) is 29.7 Å². The Hall–Kier alpha value is -5.31. The Bertz CT molecular complexity index is 1690. The zero-order chi connectivity index (χ0) is 26.1. The van der Waals surface area contributed by atoms with Crippen LogP contribution in [0.25, 0.3) is 11.1 Å². The number of carbonyl (C=O) groups is 3. The van der Waals surface area contributed by atoms with E-state index in [1.54, 1.807) is 30.3 Å². The number of phenolic OH excluding ortho intramolecular Hbond substituents is 2. The average Bonchev–Trinajstić information content (AvgIpc) is 3.15. The number of rotatable bonds is 3. The van der Waals surface area contributed by atoms with Gasteiger partial charge in [-0.25, -0.2) is 9.59 Å². The summed E-state index contributed by atoms with van der Waals surface area (Å²) in [5.74, 6) is -2.78. The van der Waals surface area contributed by atoms with Gasteiger partial charge in [-0.1, -0.05) is 24.3 Å². The van der Waals surface area contributed by atoms with Crippen LogP contribution in [0.3, 0.4) is 0 Å². The summed E-state index contributed by atoms with van der Waals surface area (Å²) in [6, 6.07) is 18.0. The largest absolute Gasteiger partial charge is 0.508 e. The van der Waals surface area contributed by atoms with Crippen LogP contribution in [-0.4, -0.2) is 33.2 Å². The Morgan fingerprint density at radius 1 is 0.784 bits per heavy atom. The lowest BCUT2D eigenvalue weighted by Crippen LogP contribution is -2.33. The number of phenols is 2. The number of amides is 1. The van der Waals surface area contributed by atoms with E-state index in [0.717, 1.165) is 0 Å². The Kier molecular flexibility index (Phi) is 4.55. The van der Waals surface area contributed by atoms with Gasteiger partial charge in [0.25, 0.3) is 0 Å². The summed E-state index contributed by atoms with van der Waals surface area (Å²) in [6.45, 7) is 0. The molecule has 1 amide bonds. The number of primary amides is 1. The van der Waals surface area contributed by atoms with Crippen LogP contribution >= 0.6 is 0 Å². The van der Waals surface area contributed by atoms with Crippen molar-refractivity contribution in [2.24, 2.45) is 5.73 Å². The molecule has 0 saturated carbocycles. The topological polar surface area (TPSA) is 156 Å². The first kappa shape index (κ1) is 22.2. The van der Waals surface area contributed by atoms with Crippen molar-refractivity contribution in [2.75, 3.05) is 0 Å². The summed E-state index contributed by atoms with van der Waals surface area (Å²) < 4.78 is 12.2. The number of carboxylic acid groups (broad SMARTS) is 1. The number of nitrogens with two attached hydrogens (primary N) is 1. The van der Waals surface area contributed by atoms with Crippen molar-refractivity contribution in [3.63, 3.8) is 0 Å². The van der Waals surface area contributed by atoms with Gasteiger partial charge in [-0.05, 0) is 47.5 Å². The SMILES string of the molecule is NC(=O)c1cc(-c2cc(O)cc3c2C2(OC(=O)c4ccccc42)c2ccc(O)cc2O3)ccc1C(=O)O. The number of esters is 1. The molecule has 0 aromatic heterocycles. The normalized spacial score (nSPS) is 16.8. The van der Waals surface area contributed by atoms with E-state index in [4.69, 9.17) is 15.2 Å². The lowest BCUT2D eigenvalue weighted by atomic mass is 9.74. The van der Waals surface area contributed by atoms with Gasteiger partial charge in [0, 0.05) is 23.3 Å². The maximum Gasteiger partial charge on any atom is 0.340 e. The Morgan fingerprint density at radius 2 is 1.54 bits per heavy atom. The first-order valence-corrected chi connectivity index (χ1v) is 11.1. The highest BCUT2D eigenvalue weighted by Gasteiger charge is 2.54. The van der Waals surface area contributed by atoms with E-state index in [0.29, 0.717) is 33.4 Å². The molecular weight excluding hydrogens is 478 g/mol. The highest BCUT2D eigenvalue weighted by Crippen LogP contribution is 2.59. The fraction of sp³-hybridized carbons (Fsp3) is 0.0357. The number of hydrogen-bond donors (Lipinski definition) is 4. The molecule has 5 N–H and O–H groups in total. The molecule has 182 valence electrons. The Balaban J connectivity index is 1.73. The van der Waals surface area contributed by atoms with Crippen LogP contribution in [-0.2, 0) is 10.3 Å². The molecule has 0 fully saturated rings. The minimum absolute atomic E-state index is 0.0781. The molecule has 1 atom stereocenters. The summed E-state index contributed by atoms with van der Waals surface area (Å²) in [7, 11) is 0. The van der Waals surface area contributed by atoms with Gasteiger partial charge < -0.3 is 30.5 Å². The summed E-state index contributed by atoms with van der Waals surface area (Å²) in [5, 5.41) is 30.2. The van der Waals surface area contributed by atoms with Crippen molar-refractivity contribution < 1.29 is 39.2 Å². The Morgan fingerprint density at radius 3 is 2.30 bits per heavy atom. The van der Waals surface area contributed by atoms with E-state index in [-0.39, 0.29) is 34.1 Å². The number of carboxylic acids is 1. The van der Waals surface area contributed by atoms with Gasteiger partial charge >= 0.3 is 11.9 Å². The van der Waals surface area contributed by atoms with Crippen molar-refractivity contribution in [2.45, 2.75) is 5.60 Å². The van der Waals surface area contributed by atoms with Gasteiger partial charge in [-0.2, -0.15) is 0 Å². The molecule has 2 heterocycles. The van der Waals surface area contributed by atoms with Crippen molar-refractivity contribution in [1.29, 1.82) is 0 Å². The molecule has 1 unspecified atom stereocenters. The first-order chi connectivity index (χ1) is 17.7. The zero-order valence-electron chi connectivity index (χ0n) is 18.9. The van der Waals surface area contributed by atoms with Crippen molar-refractivity contribution in [3.05, 3.63) is 106 Å². The molecule has 2 aliphatic rings. The molecule has 0 radical (unpaired) electrons. The number of ether oxygens (including phenoxy) is 2. The molecular formula is C28H17NO8. The van der Waals surface area contributed by atoms with Gasteiger partial charge in [0.05, 0.1) is 22.3 Å². The molecule has 6 rings (SSSR count). The first-order valence-electron chi connectivity index (χ1n) is 11.1. The van der Waals surface area contributed by atoms with Gasteiger partial charge in [0.2, 0.25) is 5.91 Å². The fourth-order valence-electron chi connectivity index (χ4n) is 5.12. The van der Waals surface area contributed by atoms with Crippen LogP contribution in [0.1, 0.15) is 47.8 Å². The molecule has 0 aliphatic carbocycles. The standard InChI is InChI=1S/C28H17NO8/c29-25(32)19-9-13(5-7-16(19)26(33)34)18-10-15(31)12-23-24(18)28(21-8-6-14(30)11-22(21)36-23)20-4-2-1-3-17(20)27(35)37-28/h1-12,30-31H,(H2,29,32)(H,33,34).